The van der Waals surface area contributed by atoms with E-state index in [1.807, 2.05) is 84.9 Å². The minimum absolute atomic E-state index is 0. The molecule has 0 bridgehead atoms. The van der Waals surface area contributed by atoms with Gasteiger partial charge in [0.1, 0.15) is 34.3 Å². The van der Waals surface area contributed by atoms with Crippen LogP contribution in [-0.2, 0) is 23.1 Å². The number of aryl methyl sites for hydroxylation is 1. The maximum atomic E-state index is 12.5. The SMILES string of the molecule is CCCCOc1ccc(Sc2ccc(-c3ccccc3C(O)c3cccc(COc4ccc(CCCCO)cc4)c3)cc2S(=O)(=O)[O-])cc1.[Na+]. The van der Waals surface area contributed by atoms with Gasteiger partial charge in [0.25, 0.3) is 0 Å². The molecule has 1 unspecified atom stereocenters. The molecular formula is C40H41NaO7S2. The van der Waals surface area contributed by atoms with E-state index >= 15 is 0 Å². The smallest absolute Gasteiger partial charge is 0.744 e. The van der Waals surface area contributed by atoms with Crippen molar-refractivity contribution < 1.29 is 62.2 Å². The molecule has 0 aliphatic carbocycles. The molecule has 2 N–H and O–H groups in total. The fourth-order valence-electron chi connectivity index (χ4n) is 5.41. The van der Waals surface area contributed by atoms with E-state index in [1.54, 1.807) is 24.3 Å². The summed E-state index contributed by atoms with van der Waals surface area (Å²) in [6, 6.07) is 34.8. The fourth-order valence-corrected chi connectivity index (χ4v) is 7.25. The Morgan fingerprint density at radius 1 is 0.780 bits per heavy atom. The summed E-state index contributed by atoms with van der Waals surface area (Å²) in [5, 5.41) is 20.6. The molecule has 0 aromatic heterocycles. The Morgan fingerprint density at radius 3 is 2.22 bits per heavy atom. The fraction of sp³-hybridized carbons (Fsp3) is 0.250. The first-order chi connectivity index (χ1) is 23.7. The Hall–Kier alpha value is -3.12. The van der Waals surface area contributed by atoms with Crippen LogP contribution in [0.3, 0.4) is 0 Å². The monoisotopic (exact) mass is 720 g/mol. The van der Waals surface area contributed by atoms with Crippen LogP contribution in [0.1, 0.15) is 61.0 Å². The van der Waals surface area contributed by atoms with Gasteiger partial charge in [0.15, 0.2) is 0 Å². The summed E-state index contributed by atoms with van der Waals surface area (Å²) in [6.45, 7) is 3.23. The second kappa shape index (κ2) is 19.5. The molecule has 5 aromatic rings. The molecule has 256 valence electrons. The van der Waals surface area contributed by atoms with E-state index in [2.05, 4.69) is 6.92 Å². The first-order valence-corrected chi connectivity index (χ1v) is 18.7. The summed E-state index contributed by atoms with van der Waals surface area (Å²) in [7, 11) is -4.82. The zero-order chi connectivity index (χ0) is 34.6. The third-order valence-electron chi connectivity index (χ3n) is 8.07. The Balaban J connectivity index is 0.00000562. The Labute approximate surface area is 321 Å². The van der Waals surface area contributed by atoms with Gasteiger partial charge in [-0.3, -0.25) is 0 Å². The number of ether oxygens (including phenoxy) is 2. The molecule has 0 saturated carbocycles. The van der Waals surface area contributed by atoms with Crippen LogP contribution in [0, 0.1) is 0 Å². The van der Waals surface area contributed by atoms with Crippen molar-refractivity contribution in [2.24, 2.45) is 0 Å². The molecule has 0 saturated heterocycles. The maximum Gasteiger partial charge on any atom is 1.00 e. The Kier molecular flexibility index (Phi) is 15.5. The van der Waals surface area contributed by atoms with E-state index in [0.29, 0.717) is 40.4 Å². The first-order valence-electron chi connectivity index (χ1n) is 16.4. The summed E-state index contributed by atoms with van der Waals surface area (Å²) in [5.41, 5.74) is 4.42. The molecule has 0 fully saturated rings. The molecule has 0 aliphatic heterocycles. The van der Waals surface area contributed by atoms with E-state index in [0.717, 1.165) is 54.1 Å². The van der Waals surface area contributed by atoms with Gasteiger partial charge in [0, 0.05) is 16.4 Å². The van der Waals surface area contributed by atoms with Gasteiger partial charge in [-0.1, -0.05) is 85.8 Å². The number of aliphatic hydroxyl groups is 2. The van der Waals surface area contributed by atoms with E-state index in [4.69, 9.17) is 14.6 Å². The van der Waals surface area contributed by atoms with Crippen molar-refractivity contribution in [3.63, 3.8) is 0 Å². The second-order valence-corrected chi connectivity index (χ2v) is 14.2. The summed E-state index contributed by atoms with van der Waals surface area (Å²) < 4.78 is 49.2. The van der Waals surface area contributed by atoms with E-state index in [-0.39, 0.29) is 41.1 Å². The predicted octanol–water partition coefficient (Wildman–Crippen LogP) is 5.57. The molecule has 5 aromatic carbocycles. The Morgan fingerprint density at radius 2 is 1.50 bits per heavy atom. The van der Waals surface area contributed by atoms with Crippen molar-refractivity contribution in [3.05, 3.63) is 138 Å². The summed E-state index contributed by atoms with van der Waals surface area (Å²) in [4.78, 5) is 0.770. The van der Waals surface area contributed by atoms with E-state index in [9.17, 15) is 18.1 Å². The van der Waals surface area contributed by atoms with Crippen LogP contribution >= 0.6 is 11.8 Å². The first kappa shape index (κ1) is 39.7. The van der Waals surface area contributed by atoms with Crippen molar-refractivity contribution >= 4 is 21.9 Å². The molecule has 1 atom stereocenters. The van der Waals surface area contributed by atoms with Gasteiger partial charge in [-0.15, -0.1) is 0 Å². The standard InChI is InChI=1S/C40H42O7S2.Na/c1-2-3-25-46-33-19-21-35(22-20-33)48-38-23-16-31(27-39(38)49(43,44)45)36-12-4-5-13-37(36)40(42)32-11-8-10-30(26-32)28-47-34-17-14-29(15-18-34)9-6-7-24-41;/h4-5,8,10-23,26-27,40-42H,2-3,6-7,9,24-25,28H2,1H3,(H,43,44,45);/q;+1/p-1. The van der Waals surface area contributed by atoms with Crippen LogP contribution in [0.5, 0.6) is 11.5 Å². The second-order valence-electron chi connectivity index (χ2n) is 11.7. The molecule has 10 heteroatoms. The zero-order valence-corrected chi connectivity index (χ0v) is 32.1. The van der Waals surface area contributed by atoms with Crippen LogP contribution in [-0.4, -0.2) is 36.4 Å². The number of hydrogen-bond acceptors (Lipinski definition) is 8. The number of benzene rings is 5. The van der Waals surface area contributed by atoms with Crippen molar-refractivity contribution in [1.82, 2.24) is 0 Å². The van der Waals surface area contributed by atoms with E-state index in [1.165, 1.54) is 23.4 Å². The quantitative estimate of drug-likeness (QED) is 0.0729. The van der Waals surface area contributed by atoms with E-state index < -0.39 is 16.2 Å². The van der Waals surface area contributed by atoms with Crippen LogP contribution in [0.15, 0.2) is 130 Å². The summed E-state index contributed by atoms with van der Waals surface area (Å²) in [6.07, 6.45) is 3.59. The minimum Gasteiger partial charge on any atom is -0.744 e. The van der Waals surface area contributed by atoms with Gasteiger partial charge in [-0.25, -0.2) is 8.42 Å². The number of rotatable bonds is 17. The van der Waals surface area contributed by atoms with Gasteiger partial charge in [0.05, 0.1) is 11.5 Å². The van der Waals surface area contributed by atoms with Gasteiger partial charge in [0.2, 0.25) is 0 Å². The van der Waals surface area contributed by atoms with Gasteiger partial charge >= 0.3 is 29.6 Å². The van der Waals surface area contributed by atoms with Crippen LogP contribution in [0.25, 0.3) is 11.1 Å². The summed E-state index contributed by atoms with van der Waals surface area (Å²) in [5.74, 6) is 1.47. The number of aliphatic hydroxyl groups excluding tert-OH is 2. The number of unbranched alkanes of at least 4 members (excludes halogenated alkanes) is 2. The third-order valence-corrected chi connectivity index (χ3v) is 10.2. The molecular weight excluding hydrogens is 680 g/mol. The molecule has 5 rings (SSSR count). The van der Waals surface area contributed by atoms with Crippen LogP contribution in [0.4, 0.5) is 0 Å². The Bertz CT molecular complexity index is 1910. The molecule has 0 radical (unpaired) electrons. The molecule has 0 aliphatic rings. The van der Waals surface area contributed by atoms with Crippen LogP contribution < -0.4 is 39.0 Å². The van der Waals surface area contributed by atoms with Crippen molar-refractivity contribution in [2.45, 2.75) is 66.4 Å². The molecule has 7 nitrogen and oxygen atoms in total. The van der Waals surface area contributed by atoms with Crippen molar-refractivity contribution in [1.29, 1.82) is 0 Å². The predicted molar refractivity (Wildman–Crippen MR) is 192 cm³/mol. The van der Waals surface area contributed by atoms with Gasteiger partial charge in [-0.2, -0.15) is 0 Å². The zero-order valence-electron chi connectivity index (χ0n) is 28.5. The average Bonchev–Trinajstić information content (AvgIpc) is 3.12. The minimum atomic E-state index is -4.82. The topological polar surface area (TPSA) is 116 Å². The third kappa shape index (κ3) is 11.2. The molecule has 0 spiro atoms. The molecule has 0 amide bonds. The van der Waals surface area contributed by atoms with Gasteiger partial charge in [-0.05, 0) is 114 Å². The molecule has 50 heavy (non-hydrogen) atoms. The number of hydrogen-bond donors (Lipinski definition) is 2. The maximum absolute atomic E-state index is 12.5. The van der Waals surface area contributed by atoms with Crippen molar-refractivity contribution in [2.75, 3.05) is 13.2 Å². The molecule has 0 heterocycles. The largest absolute Gasteiger partial charge is 1.00 e. The summed E-state index contributed by atoms with van der Waals surface area (Å²) >= 11 is 1.19. The average molecular weight is 721 g/mol. The van der Waals surface area contributed by atoms with Crippen LogP contribution in [0.2, 0.25) is 0 Å². The van der Waals surface area contributed by atoms with Crippen molar-refractivity contribution in [3.8, 4) is 22.6 Å². The normalized spacial score (nSPS) is 11.8. The van der Waals surface area contributed by atoms with Gasteiger partial charge < -0.3 is 24.2 Å².